The molecule has 1 N–H and O–H groups in total. The third kappa shape index (κ3) is 5.15. The second-order valence-electron chi connectivity index (χ2n) is 6.14. The number of carboxylic acid groups (broad SMARTS) is 1. The SMILES string of the molecule is COc1cc(CCC(=O)N2CCC(CC(=O)O)CC2)cc(OC)c1. The molecule has 132 valence electrons. The molecular formula is C18H25NO5. The minimum Gasteiger partial charge on any atom is -0.497 e. The van der Waals surface area contributed by atoms with Crippen molar-refractivity contribution in [1.82, 2.24) is 4.90 Å². The number of carbonyl (C=O) groups excluding carboxylic acids is 1. The highest BCUT2D eigenvalue weighted by Crippen LogP contribution is 2.24. The molecular weight excluding hydrogens is 310 g/mol. The topological polar surface area (TPSA) is 76.1 Å². The van der Waals surface area contributed by atoms with Crippen LogP contribution in [-0.2, 0) is 16.0 Å². The van der Waals surface area contributed by atoms with Gasteiger partial charge in [-0.15, -0.1) is 0 Å². The van der Waals surface area contributed by atoms with E-state index in [0.717, 1.165) is 18.4 Å². The predicted octanol–water partition coefficient (Wildman–Crippen LogP) is 2.35. The maximum absolute atomic E-state index is 12.4. The minimum atomic E-state index is -0.758. The van der Waals surface area contributed by atoms with Crippen LogP contribution in [0.1, 0.15) is 31.2 Å². The lowest BCUT2D eigenvalue weighted by molar-refractivity contribution is -0.138. The number of nitrogens with zero attached hydrogens (tertiary/aromatic N) is 1. The average molecular weight is 335 g/mol. The van der Waals surface area contributed by atoms with E-state index in [-0.39, 0.29) is 18.2 Å². The Hall–Kier alpha value is -2.24. The highest BCUT2D eigenvalue weighted by Gasteiger charge is 2.24. The van der Waals surface area contributed by atoms with E-state index in [9.17, 15) is 9.59 Å². The first-order valence-electron chi connectivity index (χ1n) is 8.23. The zero-order valence-corrected chi connectivity index (χ0v) is 14.3. The first-order valence-corrected chi connectivity index (χ1v) is 8.23. The Morgan fingerprint density at radius 3 is 2.21 bits per heavy atom. The van der Waals surface area contributed by atoms with Gasteiger partial charge in [0.15, 0.2) is 0 Å². The Labute approximate surface area is 142 Å². The van der Waals surface area contributed by atoms with Crippen LogP contribution in [0.4, 0.5) is 0 Å². The lowest BCUT2D eigenvalue weighted by atomic mass is 9.93. The number of ether oxygens (including phenoxy) is 2. The van der Waals surface area contributed by atoms with Crippen LogP contribution >= 0.6 is 0 Å². The van der Waals surface area contributed by atoms with Gasteiger partial charge < -0.3 is 19.5 Å². The van der Waals surface area contributed by atoms with Crippen molar-refractivity contribution in [3.05, 3.63) is 23.8 Å². The lowest BCUT2D eigenvalue weighted by Crippen LogP contribution is -2.39. The van der Waals surface area contributed by atoms with E-state index in [0.29, 0.717) is 37.4 Å². The molecule has 6 nitrogen and oxygen atoms in total. The van der Waals surface area contributed by atoms with E-state index in [1.165, 1.54) is 0 Å². The summed E-state index contributed by atoms with van der Waals surface area (Å²) >= 11 is 0. The normalized spacial score (nSPS) is 15.2. The first-order chi connectivity index (χ1) is 11.5. The molecule has 1 aromatic rings. The zero-order chi connectivity index (χ0) is 17.5. The van der Waals surface area contributed by atoms with E-state index < -0.39 is 5.97 Å². The van der Waals surface area contributed by atoms with Crippen molar-refractivity contribution in [2.24, 2.45) is 5.92 Å². The second-order valence-corrected chi connectivity index (χ2v) is 6.14. The predicted molar refractivity (Wildman–Crippen MR) is 89.4 cm³/mol. The number of hydrogen-bond donors (Lipinski definition) is 1. The number of aliphatic carboxylic acids is 1. The maximum atomic E-state index is 12.4. The minimum absolute atomic E-state index is 0.116. The molecule has 1 aliphatic heterocycles. The second kappa shape index (κ2) is 8.57. The summed E-state index contributed by atoms with van der Waals surface area (Å²) in [5, 5.41) is 8.84. The number of amides is 1. The number of likely N-dealkylation sites (tertiary alicyclic amines) is 1. The van der Waals surface area contributed by atoms with Crippen LogP contribution in [0.5, 0.6) is 11.5 Å². The van der Waals surface area contributed by atoms with Crippen LogP contribution in [0.2, 0.25) is 0 Å². The highest BCUT2D eigenvalue weighted by molar-refractivity contribution is 5.76. The molecule has 1 fully saturated rings. The van der Waals surface area contributed by atoms with Crippen molar-refractivity contribution in [1.29, 1.82) is 0 Å². The summed E-state index contributed by atoms with van der Waals surface area (Å²) in [5.41, 5.74) is 1.00. The van der Waals surface area contributed by atoms with Crippen molar-refractivity contribution in [3.8, 4) is 11.5 Å². The molecule has 0 spiro atoms. The standard InChI is InChI=1S/C18H25NO5/c1-23-15-9-14(10-16(12-15)24-2)3-4-17(20)19-7-5-13(6-8-19)11-18(21)22/h9-10,12-13H,3-8,11H2,1-2H3,(H,21,22). The molecule has 1 aliphatic rings. The largest absolute Gasteiger partial charge is 0.497 e. The molecule has 2 rings (SSSR count). The first kappa shape index (κ1) is 18.1. The molecule has 1 aromatic carbocycles. The van der Waals surface area contributed by atoms with Gasteiger partial charge in [-0.25, -0.2) is 0 Å². The van der Waals surface area contributed by atoms with Gasteiger partial charge in [0.05, 0.1) is 14.2 Å². The van der Waals surface area contributed by atoms with Gasteiger partial charge >= 0.3 is 5.97 Å². The van der Waals surface area contributed by atoms with Gasteiger partial charge in [0.1, 0.15) is 11.5 Å². The number of rotatable bonds is 7. The fraction of sp³-hybridized carbons (Fsp3) is 0.556. The molecule has 6 heteroatoms. The van der Waals surface area contributed by atoms with Crippen LogP contribution in [0.25, 0.3) is 0 Å². The molecule has 0 unspecified atom stereocenters. The summed E-state index contributed by atoms with van der Waals surface area (Å²) in [7, 11) is 3.20. The average Bonchev–Trinajstić information content (AvgIpc) is 2.59. The van der Waals surface area contributed by atoms with Crippen molar-refractivity contribution in [2.75, 3.05) is 27.3 Å². The lowest BCUT2D eigenvalue weighted by Gasteiger charge is -2.31. The van der Waals surface area contributed by atoms with E-state index in [1.807, 2.05) is 17.0 Å². The number of benzene rings is 1. The van der Waals surface area contributed by atoms with Gasteiger partial charge in [-0.3, -0.25) is 9.59 Å². The molecule has 0 aliphatic carbocycles. The van der Waals surface area contributed by atoms with Crippen molar-refractivity contribution in [2.45, 2.75) is 32.1 Å². The van der Waals surface area contributed by atoms with E-state index in [2.05, 4.69) is 0 Å². The number of hydrogen-bond acceptors (Lipinski definition) is 4. The fourth-order valence-corrected chi connectivity index (χ4v) is 3.05. The molecule has 1 amide bonds. The van der Waals surface area contributed by atoms with Crippen molar-refractivity contribution < 1.29 is 24.2 Å². The number of aryl methyl sites for hydroxylation is 1. The monoisotopic (exact) mass is 335 g/mol. The quantitative estimate of drug-likeness (QED) is 0.828. The van der Waals surface area contributed by atoms with Crippen LogP contribution in [0, 0.1) is 5.92 Å². The molecule has 0 saturated carbocycles. The van der Waals surface area contributed by atoms with Gasteiger partial charge in [0, 0.05) is 32.0 Å². The molecule has 24 heavy (non-hydrogen) atoms. The summed E-state index contributed by atoms with van der Waals surface area (Å²) in [4.78, 5) is 24.9. The van der Waals surface area contributed by atoms with E-state index in [1.54, 1.807) is 20.3 Å². The summed E-state index contributed by atoms with van der Waals surface area (Å²) in [5.74, 6) is 0.976. The molecule has 1 saturated heterocycles. The van der Waals surface area contributed by atoms with Crippen LogP contribution in [-0.4, -0.2) is 49.2 Å². The smallest absolute Gasteiger partial charge is 0.303 e. The van der Waals surface area contributed by atoms with Crippen molar-refractivity contribution in [3.63, 3.8) is 0 Å². The zero-order valence-electron chi connectivity index (χ0n) is 14.3. The Morgan fingerprint density at radius 1 is 1.12 bits per heavy atom. The Morgan fingerprint density at radius 2 is 1.71 bits per heavy atom. The Bertz CT molecular complexity index is 557. The van der Waals surface area contributed by atoms with Gasteiger partial charge in [0.25, 0.3) is 0 Å². The van der Waals surface area contributed by atoms with Gasteiger partial charge in [-0.2, -0.15) is 0 Å². The summed E-state index contributed by atoms with van der Waals surface area (Å²) in [6.07, 6.45) is 2.79. The number of carboxylic acids is 1. The van der Waals surface area contributed by atoms with Crippen LogP contribution in [0.3, 0.4) is 0 Å². The highest BCUT2D eigenvalue weighted by atomic mass is 16.5. The van der Waals surface area contributed by atoms with Crippen LogP contribution in [0.15, 0.2) is 18.2 Å². The molecule has 0 aromatic heterocycles. The van der Waals surface area contributed by atoms with E-state index in [4.69, 9.17) is 14.6 Å². The number of piperidine rings is 1. The Balaban J connectivity index is 1.84. The molecule has 0 radical (unpaired) electrons. The fourth-order valence-electron chi connectivity index (χ4n) is 3.05. The van der Waals surface area contributed by atoms with Gasteiger partial charge in [-0.1, -0.05) is 0 Å². The summed E-state index contributed by atoms with van der Waals surface area (Å²) in [6, 6.07) is 5.63. The number of methoxy groups -OCH3 is 2. The molecule has 0 atom stereocenters. The maximum Gasteiger partial charge on any atom is 0.303 e. The third-order valence-electron chi connectivity index (χ3n) is 4.47. The Kier molecular flexibility index (Phi) is 6.46. The summed E-state index contributed by atoms with van der Waals surface area (Å²) in [6.45, 7) is 1.30. The summed E-state index contributed by atoms with van der Waals surface area (Å²) < 4.78 is 10.5. The molecule has 0 bridgehead atoms. The van der Waals surface area contributed by atoms with Crippen LogP contribution < -0.4 is 9.47 Å². The van der Waals surface area contributed by atoms with E-state index >= 15 is 0 Å². The van der Waals surface area contributed by atoms with Gasteiger partial charge in [0.2, 0.25) is 5.91 Å². The molecule has 1 heterocycles. The number of carbonyl (C=O) groups is 2. The third-order valence-corrected chi connectivity index (χ3v) is 4.47. The van der Waals surface area contributed by atoms with Crippen molar-refractivity contribution >= 4 is 11.9 Å². The van der Waals surface area contributed by atoms with Gasteiger partial charge in [-0.05, 0) is 42.9 Å².